The van der Waals surface area contributed by atoms with Crippen LogP contribution >= 0.6 is 0 Å². The van der Waals surface area contributed by atoms with E-state index in [1.54, 1.807) is 18.2 Å². The highest BCUT2D eigenvalue weighted by Crippen LogP contribution is 2.17. The second-order valence-electron chi connectivity index (χ2n) is 5.40. The monoisotopic (exact) mass is 311 g/mol. The van der Waals surface area contributed by atoms with E-state index in [2.05, 4.69) is 4.90 Å². The molecule has 0 aliphatic carbocycles. The van der Waals surface area contributed by atoms with Gasteiger partial charge in [-0.3, -0.25) is 4.79 Å². The molecule has 1 saturated heterocycles. The number of ketones is 1. The van der Waals surface area contributed by atoms with Gasteiger partial charge in [0.2, 0.25) is 0 Å². The summed E-state index contributed by atoms with van der Waals surface area (Å²) < 4.78 is 18.4. The number of anilines is 1. The molecule has 23 heavy (non-hydrogen) atoms. The first-order valence-corrected chi connectivity index (χ1v) is 7.63. The molecule has 0 amide bonds. The van der Waals surface area contributed by atoms with Gasteiger partial charge >= 0.3 is 0 Å². The van der Waals surface area contributed by atoms with E-state index in [1.807, 2.05) is 24.3 Å². The maximum Gasteiger partial charge on any atom is 0.185 e. The second kappa shape index (κ2) is 7.20. The van der Waals surface area contributed by atoms with Gasteiger partial charge in [0.1, 0.15) is 5.82 Å². The fourth-order valence-electron chi connectivity index (χ4n) is 2.54. The van der Waals surface area contributed by atoms with Crippen molar-refractivity contribution in [1.82, 2.24) is 0 Å². The summed E-state index contributed by atoms with van der Waals surface area (Å²) in [7, 11) is 0. The molecule has 0 atom stereocenters. The van der Waals surface area contributed by atoms with E-state index in [0.29, 0.717) is 11.1 Å². The average Bonchev–Trinajstić information content (AvgIpc) is 2.61. The number of carbonyl (C=O) groups is 1. The molecule has 3 nitrogen and oxygen atoms in total. The molecule has 118 valence electrons. The van der Waals surface area contributed by atoms with Crippen molar-refractivity contribution in [1.29, 1.82) is 0 Å². The average molecular weight is 311 g/mol. The molecule has 3 rings (SSSR count). The zero-order valence-corrected chi connectivity index (χ0v) is 12.7. The Balaban J connectivity index is 1.67. The number of ether oxygens (including phenoxy) is 1. The molecule has 0 bridgehead atoms. The molecule has 2 aromatic rings. The number of benzene rings is 2. The summed E-state index contributed by atoms with van der Waals surface area (Å²) >= 11 is 0. The number of allylic oxidation sites excluding steroid dienone is 1. The van der Waals surface area contributed by atoms with Crippen molar-refractivity contribution in [3.63, 3.8) is 0 Å². The lowest BCUT2D eigenvalue weighted by atomic mass is 10.1. The minimum atomic E-state index is -0.311. The molecule has 0 spiro atoms. The molecule has 4 heteroatoms. The fourth-order valence-corrected chi connectivity index (χ4v) is 2.54. The van der Waals surface area contributed by atoms with Crippen molar-refractivity contribution in [2.45, 2.75) is 0 Å². The maximum absolute atomic E-state index is 13.1. The predicted molar refractivity (Wildman–Crippen MR) is 89.2 cm³/mol. The summed E-state index contributed by atoms with van der Waals surface area (Å²) in [4.78, 5) is 14.4. The second-order valence-corrected chi connectivity index (χ2v) is 5.40. The van der Waals surface area contributed by atoms with E-state index in [9.17, 15) is 9.18 Å². The zero-order chi connectivity index (χ0) is 16.1. The third-order valence-electron chi connectivity index (χ3n) is 3.80. The molecule has 0 N–H and O–H groups in total. The summed E-state index contributed by atoms with van der Waals surface area (Å²) in [6.45, 7) is 3.20. The zero-order valence-electron chi connectivity index (χ0n) is 12.7. The number of carbonyl (C=O) groups excluding carboxylic acids is 1. The molecular weight excluding hydrogens is 293 g/mol. The van der Waals surface area contributed by atoms with Crippen molar-refractivity contribution in [3.8, 4) is 0 Å². The molecule has 0 aromatic heterocycles. The van der Waals surface area contributed by atoms with Crippen LogP contribution in [0.1, 0.15) is 15.9 Å². The van der Waals surface area contributed by atoms with Gasteiger partial charge in [0.05, 0.1) is 13.2 Å². The van der Waals surface area contributed by atoms with Crippen LogP contribution < -0.4 is 4.90 Å². The van der Waals surface area contributed by atoms with Gasteiger partial charge in [0.25, 0.3) is 0 Å². The van der Waals surface area contributed by atoms with Crippen molar-refractivity contribution >= 4 is 17.5 Å². The summed E-state index contributed by atoms with van der Waals surface area (Å²) in [5.41, 5.74) is 2.39. The predicted octanol–water partition coefficient (Wildman–Crippen LogP) is 3.56. The van der Waals surface area contributed by atoms with Gasteiger partial charge in [-0.2, -0.15) is 0 Å². The molecule has 0 radical (unpaired) electrons. The lowest BCUT2D eigenvalue weighted by Crippen LogP contribution is -2.36. The van der Waals surface area contributed by atoms with E-state index in [4.69, 9.17) is 4.74 Å². The SMILES string of the molecule is O=C(/C=C/c1cccc(F)c1)c1ccc(N2CCOCC2)cc1. The minimum Gasteiger partial charge on any atom is -0.378 e. The quantitative estimate of drug-likeness (QED) is 0.639. The van der Waals surface area contributed by atoms with Crippen LogP contribution in [0.2, 0.25) is 0 Å². The Kier molecular flexibility index (Phi) is 4.83. The third kappa shape index (κ3) is 4.05. The summed E-state index contributed by atoms with van der Waals surface area (Å²) in [5.74, 6) is -0.405. The Morgan fingerprint density at radius 1 is 1.09 bits per heavy atom. The van der Waals surface area contributed by atoms with Gasteiger partial charge in [-0.1, -0.05) is 18.2 Å². The van der Waals surface area contributed by atoms with Crippen molar-refractivity contribution in [2.75, 3.05) is 31.2 Å². The maximum atomic E-state index is 13.1. The lowest BCUT2D eigenvalue weighted by Gasteiger charge is -2.28. The Hall–Kier alpha value is -2.46. The number of morpholine rings is 1. The van der Waals surface area contributed by atoms with Crippen LogP contribution in [0.25, 0.3) is 6.08 Å². The smallest absolute Gasteiger partial charge is 0.185 e. The van der Waals surface area contributed by atoms with Crippen LogP contribution in [-0.4, -0.2) is 32.1 Å². The van der Waals surface area contributed by atoms with Gasteiger partial charge < -0.3 is 9.64 Å². The number of nitrogens with zero attached hydrogens (tertiary/aromatic N) is 1. The van der Waals surface area contributed by atoms with Gasteiger partial charge in [0, 0.05) is 24.3 Å². The Morgan fingerprint density at radius 3 is 2.52 bits per heavy atom. The van der Waals surface area contributed by atoms with Crippen LogP contribution in [-0.2, 0) is 4.74 Å². The number of rotatable bonds is 4. The number of hydrogen-bond donors (Lipinski definition) is 0. The summed E-state index contributed by atoms with van der Waals surface area (Å²) in [5, 5.41) is 0. The summed E-state index contributed by atoms with van der Waals surface area (Å²) in [6, 6.07) is 13.7. The molecular formula is C19H18FNO2. The van der Waals surface area contributed by atoms with Gasteiger partial charge in [-0.15, -0.1) is 0 Å². The largest absolute Gasteiger partial charge is 0.378 e. The Labute approximate surface area is 135 Å². The molecule has 0 saturated carbocycles. The van der Waals surface area contributed by atoms with Gasteiger partial charge in [-0.05, 0) is 48.0 Å². The van der Waals surface area contributed by atoms with Crippen LogP contribution in [0.15, 0.2) is 54.6 Å². The summed E-state index contributed by atoms with van der Waals surface area (Å²) in [6.07, 6.45) is 3.10. The first kappa shape index (κ1) is 15.4. The highest BCUT2D eigenvalue weighted by Gasteiger charge is 2.11. The molecule has 1 heterocycles. The van der Waals surface area contributed by atoms with Crippen molar-refractivity contribution in [3.05, 3.63) is 71.6 Å². The van der Waals surface area contributed by atoms with Gasteiger partial charge in [0.15, 0.2) is 5.78 Å². The standard InChI is InChI=1S/C19H18FNO2/c20-17-3-1-2-15(14-17)4-9-19(22)16-5-7-18(8-6-16)21-10-12-23-13-11-21/h1-9,14H,10-13H2/b9-4+. The normalized spacial score (nSPS) is 15.1. The van der Waals surface area contributed by atoms with E-state index >= 15 is 0 Å². The highest BCUT2D eigenvalue weighted by molar-refractivity contribution is 6.06. The van der Waals surface area contributed by atoms with E-state index in [-0.39, 0.29) is 11.6 Å². The molecule has 0 unspecified atom stereocenters. The van der Waals surface area contributed by atoms with Crippen molar-refractivity contribution in [2.24, 2.45) is 0 Å². The van der Waals surface area contributed by atoms with Crippen LogP contribution in [0.5, 0.6) is 0 Å². The fraction of sp³-hybridized carbons (Fsp3) is 0.211. The lowest BCUT2D eigenvalue weighted by molar-refractivity contribution is 0.104. The third-order valence-corrected chi connectivity index (χ3v) is 3.80. The number of hydrogen-bond acceptors (Lipinski definition) is 3. The van der Waals surface area contributed by atoms with Crippen LogP contribution in [0, 0.1) is 5.82 Å². The first-order chi connectivity index (χ1) is 11.2. The van der Waals surface area contributed by atoms with E-state index < -0.39 is 0 Å². The molecule has 1 aliphatic rings. The Bertz CT molecular complexity index is 704. The minimum absolute atomic E-state index is 0.0946. The van der Waals surface area contributed by atoms with E-state index in [0.717, 1.165) is 32.0 Å². The molecule has 1 fully saturated rings. The number of halogens is 1. The molecule has 1 aliphatic heterocycles. The van der Waals surface area contributed by atoms with Crippen LogP contribution in [0.3, 0.4) is 0 Å². The van der Waals surface area contributed by atoms with Gasteiger partial charge in [-0.25, -0.2) is 4.39 Å². The van der Waals surface area contributed by atoms with Crippen molar-refractivity contribution < 1.29 is 13.9 Å². The first-order valence-electron chi connectivity index (χ1n) is 7.63. The topological polar surface area (TPSA) is 29.5 Å². The highest BCUT2D eigenvalue weighted by atomic mass is 19.1. The molecule has 2 aromatic carbocycles. The Morgan fingerprint density at radius 2 is 1.83 bits per heavy atom. The van der Waals surface area contributed by atoms with Crippen LogP contribution in [0.4, 0.5) is 10.1 Å². The van der Waals surface area contributed by atoms with E-state index in [1.165, 1.54) is 18.2 Å².